The zero-order valence-electron chi connectivity index (χ0n) is 9.34. The van der Waals surface area contributed by atoms with E-state index in [0.29, 0.717) is 6.61 Å². The predicted molar refractivity (Wildman–Crippen MR) is 64.2 cm³/mol. The van der Waals surface area contributed by atoms with Gasteiger partial charge in [-0.2, -0.15) is 0 Å². The third-order valence-electron chi connectivity index (χ3n) is 2.19. The number of hydrogen-bond donors (Lipinski definition) is 0. The number of halogens is 1. The maximum atomic E-state index is 10.7. The van der Waals surface area contributed by atoms with Crippen LogP contribution >= 0.6 is 11.6 Å². The molecular formula is C12H21ClO2. The number of rotatable bonds is 10. The van der Waals surface area contributed by atoms with Gasteiger partial charge < -0.3 is 4.74 Å². The molecule has 0 aromatic heterocycles. The summed E-state index contributed by atoms with van der Waals surface area (Å²) in [6, 6.07) is 0. The van der Waals surface area contributed by atoms with E-state index in [4.69, 9.17) is 16.3 Å². The second-order valence-corrected chi connectivity index (χ2v) is 3.91. The van der Waals surface area contributed by atoms with E-state index in [0.717, 1.165) is 25.1 Å². The van der Waals surface area contributed by atoms with Crippen LogP contribution in [0.4, 0.5) is 0 Å². The molecule has 0 saturated heterocycles. The summed E-state index contributed by atoms with van der Waals surface area (Å²) in [5.74, 6) is 0.453. The average Bonchev–Trinajstić information content (AvgIpc) is 2.26. The number of unbranched alkanes of at least 4 members (excludes halogenated alkanes) is 6. The minimum atomic E-state index is -0.322. The maximum Gasteiger partial charge on any atom is 0.330 e. The highest BCUT2D eigenvalue weighted by Crippen LogP contribution is 2.07. The molecule has 0 saturated carbocycles. The van der Waals surface area contributed by atoms with Gasteiger partial charge in [0.2, 0.25) is 0 Å². The number of esters is 1. The lowest BCUT2D eigenvalue weighted by Crippen LogP contribution is -2.01. The molecule has 0 aliphatic rings. The molecule has 0 bridgehead atoms. The second kappa shape index (κ2) is 11.6. The zero-order valence-corrected chi connectivity index (χ0v) is 10.1. The molecule has 0 N–H and O–H groups in total. The summed E-state index contributed by atoms with van der Waals surface area (Å²) >= 11 is 5.57. The lowest BCUT2D eigenvalue weighted by atomic mass is 10.1. The molecule has 0 radical (unpaired) electrons. The fourth-order valence-electron chi connectivity index (χ4n) is 1.31. The summed E-state index contributed by atoms with van der Waals surface area (Å²) in [5, 5.41) is 0. The van der Waals surface area contributed by atoms with Gasteiger partial charge in [-0.25, -0.2) is 4.79 Å². The Morgan fingerprint density at radius 2 is 1.60 bits per heavy atom. The van der Waals surface area contributed by atoms with E-state index < -0.39 is 0 Å². The van der Waals surface area contributed by atoms with Gasteiger partial charge in [0, 0.05) is 12.0 Å². The third kappa shape index (κ3) is 11.4. The van der Waals surface area contributed by atoms with Gasteiger partial charge in [-0.15, -0.1) is 11.6 Å². The van der Waals surface area contributed by atoms with Crippen molar-refractivity contribution in [2.24, 2.45) is 0 Å². The van der Waals surface area contributed by atoms with Gasteiger partial charge >= 0.3 is 5.97 Å². The van der Waals surface area contributed by atoms with Crippen LogP contribution in [-0.4, -0.2) is 18.5 Å². The van der Waals surface area contributed by atoms with Crippen LogP contribution in [0.15, 0.2) is 12.7 Å². The van der Waals surface area contributed by atoms with E-state index in [2.05, 4.69) is 6.58 Å². The number of ether oxygens (including phenoxy) is 1. The first kappa shape index (κ1) is 14.5. The Hall–Kier alpha value is -0.500. The topological polar surface area (TPSA) is 26.3 Å². The van der Waals surface area contributed by atoms with Crippen LogP contribution < -0.4 is 0 Å². The maximum absolute atomic E-state index is 10.7. The van der Waals surface area contributed by atoms with Crippen molar-refractivity contribution in [1.29, 1.82) is 0 Å². The fraction of sp³-hybridized carbons (Fsp3) is 0.750. The van der Waals surface area contributed by atoms with Crippen molar-refractivity contribution in [3.63, 3.8) is 0 Å². The summed E-state index contributed by atoms with van der Waals surface area (Å²) in [5.41, 5.74) is 0. The summed E-state index contributed by atoms with van der Waals surface area (Å²) < 4.78 is 4.86. The molecule has 0 aromatic rings. The second-order valence-electron chi connectivity index (χ2n) is 3.54. The quantitative estimate of drug-likeness (QED) is 0.249. The van der Waals surface area contributed by atoms with Crippen molar-refractivity contribution in [2.45, 2.75) is 44.9 Å². The Morgan fingerprint density at radius 1 is 1.07 bits per heavy atom. The van der Waals surface area contributed by atoms with Crippen molar-refractivity contribution in [3.8, 4) is 0 Å². The Morgan fingerprint density at radius 3 is 2.13 bits per heavy atom. The van der Waals surface area contributed by atoms with Gasteiger partial charge in [-0.05, 0) is 12.8 Å². The molecule has 88 valence electrons. The number of hydrogen-bond acceptors (Lipinski definition) is 2. The lowest BCUT2D eigenvalue weighted by Gasteiger charge is -2.02. The van der Waals surface area contributed by atoms with Gasteiger partial charge in [-0.1, -0.05) is 38.7 Å². The molecular weight excluding hydrogens is 212 g/mol. The lowest BCUT2D eigenvalue weighted by molar-refractivity contribution is -0.137. The zero-order chi connectivity index (χ0) is 11.4. The predicted octanol–water partition coefficient (Wildman–Crippen LogP) is 3.69. The van der Waals surface area contributed by atoms with Crippen molar-refractivity contribution in [1.82, 2.24) is 0 Å². The highest BCUT2D eigenvalue weighted by molar-refractivity contribution is 6.17. The average molecular weight is 233 g/mol. The minimum absolute atomic E-state index is 0.322. The van der Waals surface area contributed by atoms with E-state index in [1.807, 2.05) is 0 Å². The summed E-state index contributed by atoms with van der Waals surface area (Å²) in [6.07, 6.45) is 9.37. The first-order valence-corrected chi connectivity index (χ1v) is 6.20. The highest BCUT2D eigenvalue weighted by atomic mass is 35.5. The SMILES string of the molecule is C=CC(=O)OCCCCCCCCCCl. The van der Waals surface area contributed by atoms with Crippen molar-refractivity contribution in [2.75, 3.05) is 12.5 Å². The molecule has 0 atom stereocenters. The molecule has 0 unspecified atom stereocenters. The van der Waals surface area contributed by atoms with Gasteiger partial charge in [0.15, 0.2) is 0 Å². The van der Waals surface area contributed by atoms with Crippen LogP contribution in [0.2, 0.25) is 0 Å². The molecule has 0 fully saturated rings. The number of carbonyl (C=O) groups excluding carboxylic acids is 1. The molecule has 0 rings (SSSR count). The van der Waals surface area contributed by atoms with E-state index >= 15 is 0 Å². The van der Waals surface area contributed by atoms with Gasteiger partial charge in [0.25, 0.3) is 0 Å². The van der Waals surface area contributed by atoms with Crippen LogP contribution in [0.5, 0.6) is 0 Å². The van der Waals surface area contributed by atoms with Gasteiger partial charge in [0.1, 0.15) is 0 Å². The highest BCUT2D eigenvalue weighted by Gasteiger charge is 1.95. The molecule has 15 heavy (non-hydrogen) atoms. The molecule has 0 spiro atoms. The molecule has 0 aliphatic heterocycles. The molecule has 2 nitrogen and oxygen atoms in total. The molecule has 0 aromatic carbocycles. The fourth-order valence-corrected chi connectivity index (χ4v) is 1.50. The Bertz CT molecular complexity index is 169. The molecule has 0 amide bonds. The summed E-state index contributed by atoms with van der Waals surface area (Å²) in [6.45, 7) is 3.85. The van der Waals surface area contributed by atoms with E-state index in [1.165, 1.54) is 31.8 Å². The van der Waals surface area contributed by atoms with Crippen LogP contribution in [0.1, 0.15) is 44.9 Å². The van der Waals surface area contributed by atoms with Crippen LogP contribution in [0.3, 0.4) is 0 Å². The first-order chi connectivity index (χ1) is 7.31. The molecule has 0 heterocycles. The van der Waals surface area contributed by atoms with Crippen LogP contribution in [0.25, 0.3) is 0 Å². The smallest absolute Gasteiger partial charge is 0.330 e. The summed E-state index contributed by atoms with van der Waals surface area (Å²) in [7, 11) is 0. The standard InChI is InChI=1S/C12H21ClO2/c1-2-12(14)15-11-9-7-5-3-4-6-8-10-13/h2H,1,3-11H2. The van der Waals surface area contributed by atoms with Crippen molar-refractivity contribution in [3.05, 3.63) is 12.7 Å². The summed E-state index contributed by atoms with van der Waals surface area (Å²) in [4.78, 5) is 10.7. The van der Waals surface area contributed by atoms with Crippen LogP contribution in [0, 0.1) is 0 Å². The van der Waals surface area contributed by atoms with E-state index in [9.17, 15) is 4.79 Å². The monoisotopic (exact) mass is 232 g/mol. The normalized spacial score (nSPS) is 9.93. The van der Waals surface area contributed by atoms with Crippen LogP contribution in [-0.2, 0) is 9.53 Å². The van der Waals surface area contributed by atoms with E-state index in [-0.39, 0.29) is 5.97 Å². The largest absolute Gasteiger partial charge is 0.463 e. The van der Waals surface area contributed by atoms with Gasteiger partial charge in [0.05, 0.1) is 6.61 Å². The Balaban J connectivity index is 2.98. The number of carbonyl (C=O) groups is 1. The third-order valence-corrected chi connectivity index (χ3v) is 2.46. The van der Waals surface area contributed by atoms with E-state index in [1.54, 1.807) is 0 Å². The minimum Gasteiger partial charge on any atom is -0.463 e. The Kier molecular flexibility index (Phi) is 11.2. The Labute approximate surface area is 97.6 Å². The van der Waals surface area contributed by atoms with Crippen molar-refractivity contribution >= 4 is 17.6 Å². The van der Waals surface area contributed by atoms with Crippen molar-refractivity contribution < 1.29 is 9.53 Å². The first-order valence-electron chi connectivity index (χ1n) is 5.66. The van der Waals surface area contributed by atoms with Gasteiger partial charge in [-0.3, -0.25) is 0 Å². The molecule has 3 heteroatoms. The number of alkyl halides is 1. The molecule has 0 aliphatic carbocycles.